The third-order valence-electron chi connectivity index (χ3n) is 3.75. The lowest BCUT2D eigenvalue weighted by molar-refractivity contribution is 0.273. The average Bonchev–Trinajstić information content (AvgIpc) is 2.86. The van der Waals surface area contributed by atoms with E-state index in [0.717, 1.165) is 5.56 Å². The summed E-state index contributed by atoms with van der Waals surface area (Å²) >= 11 is 0. The van der Waals surface area contributed by atoms with E-state index < -0.39 is 0 Å². The number of ether oxygens (including phenoxy) is 2. The second kappa shape index (κ2) is 4.99. The fraction of sp³-hybridized carbons (Fsp3) is 0.250. The molecule has 6 nitrogen and oxygen atoms in total. The smallest absolute Gasteiger partial charge is 0.204 e. The molecule has 0 aliphatic heterocycles. The molecule has 0 amide bonds. The van der Waals surface area contributed by atoms with Crippen molar-refractivity contribution >= 4 is 21.9 Å². The molecular formula is C16H16O6. The lowest BCUT2D eigenvalue weighted by Crippen LogP contribution is -1.91. The van der Waals surface area contributed by atoms with Crippen molar-refractivity contribution in [2.75, 3.05) is 14.2 Å². The Morgan fingerprint density at radius 2 is 1.73 bits per heavy atom. The first-order valence-electron chi connectivity index (χ1n) is 6.65. The normalized spacial score (nSPS) is 11.3. The van der Waals surface area contributed by atoms with Gasteiger partial charge in [0.15, 0.2) is 22.8 Å². The Labute approximate surface area is 126 Å². The molecule has 0 aliphatic rings. The van der Waals surface area contributed by atoms with Crippen molar-refractivity contribution in [2.45, 2.75) is 13.5 Å². The van der Waals surface area contributed by atoms with Gasteiger partial charge in [0.05, 0.1) is 26.2 Å². The largest absolute Gasteiger partial charge is 0.504 e. The van der Waals surface area contributed by atoms with Crippen LogP contribution in [0.25, 0.3) is 21.9 Å². The number of rotatable bonds is 3. The van der Waals surface area contributed by atoms with E-state index in [0.29, 0.717) is 27.5 Å². The van der Waals surface area contributed by atoms with Crippen LogP contribution in [0.2, 0.25) is 0 Å². The lowest BCUT2D eigenvalue weighted by atomic mass is 10.0. The summed E-state index contributed by atoms with van der Waals surface area (Å²) in [5.74, 6) is 0.267. The van der Waals surface area contributed by atoms with E-state index in [1.807, 2.05) is 6.92 Å². The van der Waals surface area contributed by atoms with E-state index >= 15 is 0 Å². The Kier molecular flexibility index (Phi) is 3.26. The second-order valence-electron chi connectivity index (χ2n) is 5.00. The minimum atomic E-state index is -0.351. The summed E-state index contributed by atoms with van der Waals surface area (Å²) in [6.07, 6.45) is 0. The van der Waals surface area contributed by atoms with E-state index in [-0.39, 0.29) is 29.6 Å². The molecule has 1 heterocycles. The number of aromatic hydroxyl groups is 2. The highest BCUT2D eigenvalue weighted by Gasteiger charge is 2.23. The molecule has 0 radical (unpaired) electrons. The molecule has 22 heavy (non-hydrogen) atoms. The summed E-state index contributed by atoms with van der Waals surface area (Å²) in [4.78, 5) is 0. The highest BCUT2D eigenvalue weighted by molar-refractivity contribution is 6.13. The monoisotopic (exact) mass is 304 g/mol. The molecule has 0 spiro atoms. The molecule has 0 unspecified atom stereocenters. The van der Waals surface area contributed by atoms with Crippen molar-refractivity contribution in [2.24, 2.45) is 0 Å². The van der Waals surface area contributed by atoms with Gasteiger partial charge in [0, 0.05) is 10.9 Å². The van der Waals surface area contributed by atoms with Crippen molar-refractivity contribution in [3.8, 4) is 23.0 Å². The number of hydrogen-bond donors (Lipinski definition) is 3. The molecule has 0 fully saturated rings. The molecule has 1 aromatic heterocycles. The molecule has 6 heteroatoms. The summed E-state index contributed by atoms with van der Waals surface area (Å²) in [5.41, 5.74) is 1.84. The third-order valence-corrected chi connectivity index (χ3v) is 3.75. The zero-order valence-corrected chi connectivity index (χ0v) is 12.4. The number of benzene rings is 2. The average molecular weight is 304 g/mol. The lowest BCUT2D eigenvalue weighted by Gasteiger charge is -2.09. The number of aliphatic hydroxyl groups is 1. The van der Waals surface area contributed by atoms with Gasteiger partial charge in [-0.1, -0.05) is 0 Å². The van der Waals surface area contributed by atoms with E-state index in [1.54, 1.807) is 12.1 Å². The van der Waals surface area contributed by atoms with Gasteiger partial charge < -0.3 is 29.2 Å². The number of phenolic OH excluding ortho intramolecular Hbond substituents is 1. The summed E-state index contributed by atoms with van der Waals surface area (Å²) in [7, 11) is 2.87. The second-order valence-corrected chi connectivity index (χ2v) is 5.00. The van der Waals surface area contributed by atoms with Gasteiger partial charge in [0.2, 0.25) is 5.75 Å². The quantitative estimate of drug-likeness (QED) is 0.689. The number of phenols is 2. The Morgan fingerprint density at radius 3 is 2.32 bits per heavy atom. The summed E-state index contributed by atoms with van der Waals surface area (Å²) < 4.78 is 16.3. The van der Waals surface area contributed by atoms with Crippen molar-refractivity contribution in [3.63, 3.8) is 0 Å². The maximum Gasteiger partial charge on any atom is 0.204 e. The first kappa shape index (κ1) is 14.3. The van der Waals surface area contributed by atoms with Crippen LogP contribution >= 0.6 is 0 Å². The van der Waals surface area contributed by atoms with Crippen LogP contribution in [-0.4, -0.2) is 29.5 Å². The standard InChI is InChI=1S/C16H16O6/c1-7-4-9(18)14(20-2)16-11(7)12-10(22-16)5-8(6-17)13(19)15(12)21-3/h4-5,17-19H,6H2,1-3H3. The van der Waals surface area contributed by atoms with Crippen LogP contribution in [0.4, 0.5) is 0 Å². The van der Waals surface area contributed by atoms with Crippen LogP contribution in [0.5, 0.6) is 23.0 Å². The summed E-state index contributed by atoms with van der Waals surface area (Å²) in [6.45, 7) is 1.46. The molecule has 3 rings (SSSR count). The van der Waals surface area contributed by atoms with Gasteiger partial charge in [0.25, 0.3) is 0 Å². The Bertz CT molecular complexity index is 878. The van der Waals surface area contributed by atoms with E-state index in [1.165, 1.54) is 14.2 Å². The Hall–Kier alpha value is -2.60. The van der Waals surface area contributed by atoms with Gasteiger partial charge in [0.1, 0.15) is 5.58 Å². The molecule has 3 N–H and O–H groups in total. The topological polar surface area (TPSA) is 92.3 Å². The predicted molar refractivity (Wildman–Crippen MR) is 80.8 cm³/mol. The van der Waals surface area contributed by atoms with Crippen molar-refractivity contribution in [3.05, 3.63) is 23.3 Å². The first-order valence-corrected chi connectivity index (χ1v) is 6.65. The fourth-order valence-electron chi connectivity index (χ4n) is 2.78. The zero-order valence-electron chi connectivity index (χ0n) is 12.4. The van der Waals surface area contributed by atoms with Crippen molar-refractivity contribution < 1.29 is 29.2 Å². The number of furan rings is 1. The molecule has 0 bridgehead atoms. The van der Waals surface area contributed by atoms with Gasteiger partial charge in [-0.3, -0.25) is 0 Å². The van der Waals surface area contributed by atoms with Crippen LogP contribution < -0.4 is 9.47 Å². The van der Waals surface area contributed by atoms with Gasteiger partial charge in [-0.15, -0.1) is 0 Å². The highest BCUT2D eigenvalue weighted by atomic mass is 16.5. The van der Waals surface area contributed by atoms with Crippen LogP contribution in [0.15, 0.2) is 16.5 Å². The summed E-state index contributed by atoms with van der Waals surface area (Å²) in [5, 5.41) is 30.8. The van der Waals surface area contributed by atoms with Crippen LogP contribution in [0, 0.1) is 6.92 Å². The number of aryl methyl sites for hydroxylation is 1. The van der Waals surface area contributed by atoms with Crippen molar-refractivity contribution in [1.82, 2.24) is 0 Å². The number of fused-ring (bicyclic) bond motifs is 3. The van der Waals surface area contributed by atoms with Gasteiger partial charge in [-0.2, -0.15) is 0 Å². The number of hydrogen-bond acceptors (Lipinski definition) is 6. The van der Waals surface area contributed by atoms with Gasteiger partial charge in [-0.05, 0) is 24.6 Å². The first-order chi connectivity index (χ1) is 10.5. The molecule has 0 saturated heterocycles. The molecule has 3 aromatic rings. The molecule has 116 valence electrons. The molecular weight excluding hydrogens is 288 g/mol. The zero-order chi connectivity index (χ0) is 16.0. The highest BCUT2D eigenvalue weighted by Crippen LogP contribution is 2.48. The Morgan fingerprint density at radius 1 is 1.05 bits per heavy atom. The van der Waals surface area contributed by atoms with Crippen LogP contribution in [-0.2, 0) is 6.61 Å². The molecule has 0 atom stereocenters. The maximum absolute atomic E-state index is 10.2. The van der Waals surface area contributed by atoms with Gasteiger partial charge in [-0.25, -0.2) is 0 Å². The molecule has 2 aromatic carbocycles. The fourth-order valence-corrected chi connectivity index (χ4v) is 2.78. The number of aliphatic hydroxyl groups excluding tert-OH is 1. The number of methoxy groups -OCH3 is 2. The van der Waals surface area contributed by atoms with Crippen LogP contribution in [0.3, 0.4) is 0 Å². The minimum absolute atomic E-state index is 0.0304. The third kappa shape index (κ3) is 1.77. The van der Waals surface area contributed by atoms with Gasteiger partial charge >= 0.3 is 0 Å². The van der Waals surface area contributed by atoms with E-state index in [4.69, 9.17) is 13.9 Å². The predicted octanol–water partition coefficient (Wildman–Crippen LogP) is 2.82. The maximum atomic E-state index is 10.2. The van der Waals surface area contributed by atoms with Crippen LogP contribution in [0.1, 0.15) is 11.1 Å². The molecule has 0 aliphatic carbocycles. The Balaban J connectivity index is 2.58. The van der Waals surface area contributed by atoms with Crippen molar-refractivity contribution in [1.29, 1.82) is 0 Å². The SMILES string of the molecule is COc1c(O)cc(C)c2c1oc1cc(CO)c(O)c(OC)c12. The minimum Gasteiger partial charge on any atom is -0.504 e. The van der Waals surface area contributed by atoms with E-state index in [9.17, 15) is 15.3 Å². The van der Waals surface area contributed by atoms with E-state index in [2.05, 4.69) is 0 Å². The molecule has 0 saturated carbocycles. The summed E-state index contributed by atoms with van der Waals surface area (Å²) in [6, 6.07) is 3.11.